The fourth-order valence-corrected chi connectivity index (χ4v) is 5.05. The summed E-state index contributed by atoms with van der Waals surface area (Å²) in [7, 11) is 1.41. The molecular formula is C18H15BrP2. The van der Waals surface area contributed by atoms with Crippen LogP contribution in [0.5, 0.6) is 0 Å². The van der Waals surface area contributed by atoms with E-state index < -0.39 is 0 Å². The first-order valence-electron chi connectivity index (χ1n) is 6.75. The summed E-state index contributed by atoms with van der Waals surface area (Å²) in [4.78, 5) is 0. The van der Waals surface area contributed by atoms with Crippen molar-refractivity contribution >= 4 is 54.3 Å². The van der Waals surface area contributed by atoms with E-state index in [0.29, 0.717) is 17.2 Å². The first-order valence-corrected chi connectivity index (χ1v) is 9.54. The second kappa shape index (κ2) is 7.32. The number of hydrogen-bond donors (Lipinski definition) is 0. The lowest BCUT2D eigenvalue weighted by atomic mass is 10.4. The second-order valence-corrected chi connectivity index (χ2v) is 8.30. The third kappa shape index (κ3) is 4.24. The molecule has 3 rings (SSSR count). The summed E-state index contributed by atoms with van der Waals surface area (Å²) >= 11 is 3.73. The molecule has 21 heavy (non-hydrogen) atoms. The maximum Gasteiger partial charge on any atom is 0.0259 e. The van der Waals surface area contributed by atoms with E-state index in [2.05, 4.69) is 94.8 Å². The maximum atomic E-state index is 3.73. The molecule has 0 heterocycles. The maximum absolute atomic E-state index is 3.73. The van der Waals surface area contributed by atoms with Crippen LogP contribution in [0.3, 0.4) is 0 Å². The van der Waals surface area contributed by atoms with Crippen LogP contribution in [0.4, 0.5) is 0 Å². The van der Waals surface area contributed by atoms with Gasteiger partial charge < -0.3 is 0 Å². The average Bonchev–Trinajstić information content (AvgIpc) is 2.52. The van der Waals surface area contributed by atoms with Crippen LogP contribution in [0.25, 0.3) is 0 Å². The Morgan fingerprint density at radius 1 is 0.571 bits per heavy atom. The van der Waals surface area contributed by atoms with Gasteiger partial charge in [-0.05, 0) is 27.3 Å². The lowest BCUT2D eigenvalue weighted by Crippen LogP contribution is -2.10. The molecule has 0 aliphatic rings. The van der Waals surface area contributed by atoms with Crippen molar-refractivity contribution in [2.24, 2.45) is 0 Å². The van der Waals surface area contributed by atoms with Crippen molar-refractivity contribution in [1.29, 1.82) is 0 Å². The molecule has 0 saturated heterocycles. The van der Waals surface area contributed by atoms with Crippen LogP contribution < -0.4 is 21.2 Å². The molecule has 0 aliphatic carbocycles. The zero-order valence-corrected chi connectivity index (χ0v) is 15.0. The minimum Gasteiger partial charge on any atom is -0.0622 e. The normalized spacial score (nSPS) is 11.7. The van der Waals surface area contributed by atoms with Crippen LogP contribution in [0.2, 0.25) is 0 Å². The van der Waals surface area contributed by atoms with E-state index in [1.807, 2.05) is 0 Å². The molecule has 104 valence electrons. The van der Waals surface area contributed by atoms with E-state index >= 15 is 0 Å². The molecule has 2 unspecified atom stereocenters. The molecule has 0 N–H and O–H groups in total. The van der Waals surface area contributed by atoms with E-state index in [1.54, 1.807) is 0 Å². The lowest BCUT2D eigenvalue weighted by Gasteiger charge is -2.08. The topological polar surface area (TPSA) is 0 Å². The molecule has 0 fully saturated rings. The minimum atomic E-state index is 0.696. The highest BCUT2D eigenvalue weighted by Gasteiger charge is 2.04. The molecule has 0 amide bonds. The molecule has 0 radical (unpaired) electrons. The monoisotopic (exact) mass is 372 g/mol. The fourth-order valence-electron chi connectivity index (χ4n) is 2.06. The van der Waals surface area contributed by atoms with Gasteiger partial charge in [-0.3, -0.25) is 0 Å². The Morgan fingerprint density at radius 2 is 1.14 bits per heavy atom. The van der Waals surface area contributed by atoms with Crippen molar-refractivity contribution in [3.05, 3.63) is 83.3 Å². The van der Waals surface area contributed by atoms with Crippen molar-refractivity contribution in [1.82, 2.24) is 0 Å². The number of hydrogen-bond acceptors (Lipinski definition) is 0. The van der Waals surface area contributed by atoms with Crippen LogP contribution in [0.15, 0.2) is 83.3 Å². The molecule has 0 nitrogen and oxygen atoms in total. The molecule has 0 aromatic heterocycles. The molecule has 3 aromatic rings. The summed E-state index contributed by atoms with van der Waals surface area (Å²) in [5.41, 5.74) is 0. The van der Waals surface area contributed by atoms with E-state index in [9.17, 15) is 0 Å². The minimum absolute atomic E-state index is 0.696. The molecule has 2 atom stereocenters. The molecule has 0 spiro atoms. The number of halogens is 1. The highest BCUT2D eigenvalue weighted by atomic mass is 79.9. The fraction of sp³-hybridized carbons (Fsp3) is 0. The van der Waals surface area contributed by atoms with Gasteiger partial charge in [0.2, 0.25) is 0 Å². The van der Waals surface area contributed by atoms with Gasteiger partial charge in [-0.25, -0.2) is 0 Å². The SMILES string of the molecule is Brc1cc(Pc2ccccc2)ccc1Pc1ccccc1. The Bertz CT molecular complexity index is 712. The first-order chi connectivity index (χ1) is 10.3. The third-order valence-corrected chi connectivity index (χ3v) is 6.66. The highest BCUT2D eigenvalue weighted by molar-refractivity contribution is 9.10. The van der Waals surface area contributed by atoms with E-state index in [0.717, 1.165) is 0 Å². The number of benzene rings is 3. The zero-order valence-electron chi connectivity index (χ0n) is 11.4. The van der Waals surface area contributed by atoms with Gasteiger partial charge in [0.1, 0.15) is 0 Å². The van der Waals surface area contributed by atoms with Crippen molar-refractivity contribution in [3.8, 4) is 0 Å². The average molecular weight is 373 g/mol. The molecule has 0 aliphatic heterocycles. The quantitative estimate of drug-likeness (QED) is 0.612. The van der Waals surface area contributed by atoms with E-state index in [-0.39, 0.29) is 0 Å². The summed E-state index contributed by atoms with van der Waals surface area (Å²) in [6, 6.07) is 28.0. The summed E-state index contributed by atoms with van der Waals surface area (Å²) in [6.45, 7) is 0. The Kier molecular flexibility index (Phi) is 5.20. The summed E-state index contributed by atoms with van der Waals surface area (Å²) in [5, 5.41) is 5.48. The Balaban J connectivity index is 1.77. The Hall–Kier alpha value is -1.00. The first kappa shape index (κ1) is 14.9. The molecular weight excluding hydrogens is 358 g/mol. The van der Waals surface area contributed by atoms with Crippen molar-refractivity contribution in [3.63, 3.8) is 0 Å². The lowest BCUT2D eigenvalue weighted by molar-refractivity contribution is 1.75. The van der Waals surface area contributed by atoms with E-state index in [1.165, 1.54) is 25.7 Å². The van der Waals surface area contributed by atoms with E-state index in [4.69, 9.17) is 0 Å². The molecule has 0 saturated carbocycles. The third-order valence-electron chi connectivity index (χ3n) is 3.08. The van der Waals surface area contributed by atoms with Crippen LogP contribution in [-0.2, 0) is 0 Å². The summed E-state index contributed by atoms with van der Waals surface area (Å²) < 4.78 is 1.21. The molecule has 3 heteroatoms. The van der Waals surface area contributed by atoms with Gasteiger partial charge in [0, 0.05) is 4.47 Å². The van der Waals surface area contributed by atoms with Gasteiger partial charge in [0.05, 0.1) is 0 Å². The molecule has 3 aromatic carbocycles. The molecule has 0 bridgehead atoms. The Morgan fingerprint density at radius 3 is 1.71 bits per heavy atom. The Labute approximate surface area is 137 Å². The summed E-state index contributed by atoms with van der Waals surface area (Å²) in [5.74, 6) is 0. The second-order valence-electron chi connectivity index (χ2n) is 4.68. The summed E-state index contributed by atoms with van der Waals surface area (Å²) in [6.07, 6.45) is 0. The highest BCUT2D eigenvalue weighted by Crippen LogP contribution is 2.20. The predicted molar refractivity (Wildman–Crippen MR) is 102 cm³/mol. The number of rotatable bonds is 4. The smallest absolute Gasteiger partial charge is 0.0259 e. The van der Waals surface area contributed by atoms with Crippen LogP contribution >= 0.6 is 33.1 Å². The van der Waals surface area contributed by atoms with Gasteiger partial charge in [0.15, 0.2) is 0 Å². The standard InChI is InChI=1S/C18H15BrP2/c19-17-13-16(20-14-7-3-1-4-8-14)11-12-18(17)21-15-9-5-2-6-10-15/h1-13,20-21H. The van der Waals surface area contributed by atoms with Crippen LogP contribution in [0.1, 0.15) is 0 Å². The van der Waals surface area contributed by atoms with Crippen LogP contribution in [-0.4, -0.2) is 0 Å². The van der Waals surface area contributed by atoms with Gasteiger partial charge in [-0.1, -0.05) is 106 Å². The van der Waals surface area contributed by atoms with Gasteiger partial charge in [-0.2, -0.15) is 0 Å². The van der Waals surface area contributed by atoms with Crippen molar-refractivity contribution < 1.29 is 0 Å². The largest absolute Gasteiger partial charge is 0.0622 e. The van der Waals surface area contributed by atoms with Gasteiger partial charge >= 0.3 is 0 Å². The zero-order chi connectivity index (χ0) is 14.5. The van der Waals surface area contributed by atoms with Gasteiger partial charge in [0.25, 0.3) is 0 Å². The van der Waals surface area contributed by atoms with Crippen LogP contribution in [0, 0.1) is 0 Å². The predicted octanol–water partition coefficient (Wildman–Crippen LogP) is 3.71. The van der Waals surface area contributed by atoms with Gasteiger partial charge in [-0.15, -0.1) is 0 Å². The van der Waals surface area contributed by atoms with Crippen molar-refractivity contribution in [2.75, 3.05) is 0 Å². The van der Waals surface area contributed by atoms with Crippen molar-refractivity contribution in [2.45, 2.75) is 0 Å².